The number of nitrogens with one attached hydrogen (secondary N) is 2. The van der Waals surface area contributed by atoms with Gasteiger partial charge in [-0.2, -0.15) is 0 Å². The second kappa shape index (κ2) is 14.4. The van der Waals surface area contributed by atoms with Crippen molar-refractivity contribution in [1.82, 2.24) is 4.90 Å². The molecule has 0 atom stereocenters. The number of hydrogen-bond donors (Lipinski definition) is 2. The first kappa shape index (κ1) is 35.5. The summed E-state index contributed by atoms with van der Waals surface area (Å²) in [7, 11) is 0. The zero-order valence-electron chi connectivity index (χ0n) is 29.5. The third kappa shape index (κ3) is 5.75. The fraction of sp³-hybridized carbons (Fsp3) is 0.349. The standard InChI is InChI=1S/C43H41Cl4N3O2/c1-3-5-7-9-11-15-23(16-12-10-8-6-4-2)50-42(51)24-19-26(44)35-37-28(46)21-32-39-33(49-31-18-14-13-17-30(31)48-32)22-29(47)38(41(37)39)36-27(45)20-25(43(50)52)34(24)40(35)36/h13-14,17-23,48-49H,3-12,15-16H2,1-2H3. The predicted molar refractivity (Wildman–Crippen MR) is 222 cm³/mol. The molecule has 9 heteroatoms. The van der Waals surface area contributed by atoms with Gasteiger partial charge in [0.2, 0.25) is 0 Å². The van der Waals surface area contributed by atoms with E-state index in [1.54, 1.807) is 12.1 Å². The van der Waals surface area contributed by atoms with Crippen LogP contribution in [0.3, 0.4) is 0 Å². The van der Waals surface area contributed by atoms with E-state index in [9.17, 15) is 9.59 Å². The van der Waals surface area contributed by atoms with E-state index in [1.807, 2.05) is 36.4 Å². The average Bonchev–Trinajstić information content (AvgIpc) is 3.28. The lowest BCUT2D eigenvalue weighted by Gasteiger charge is -2.35. The maximum absolute atomic E-state index is 14.7. The second-order valence-electron chi connectivity index (χ2n) is 14.5. The molecule has 6 aromatic rings. The van der Waals surface area contributed by atoms with Gasteiger partial charge < -0.3 is 10.6 Å². The van der Waals surface area contributed by atoms with E-state index in [1.165, 1.54) is 17.7 Å². The molecule has 0 bridgehead atoms. The summed E-state index contributed by atoms with van der Waals surface area (Å²) in [5.74, 6) is -0.607. The highest BCUT2D eigenvalue weighted by atomic mass is 35.5. The molecule has 2 aliphatic heterocycles. The molecule has 0 aromatic heterocycles. The van der Waals surface area contributed by atoms with Gasteiger partial charge in [0.1, 0.15) is 0 Å². The molecule has 52 heavy (non-hydrogen) atoms. The molecule has 0 saturated carbocycles. The SMILES string of the molecule is CCCCCCCC(CCCCCCC)N1C(=O)c2cc(Cl)c3c4c(Cl)cc5c6c(cc(Cl)c(c7c(Cl)cc(c2c37)C1=O)c64)Nc1ccccc1N5. The zero-order valence-corrected chi connectivity index (χ0v) is 32.5. The van der Waals surface area contributed by atoms with Crippen molar-refractivity contribution in [3.05, 3.63) is 79.7 Å². The third-order valence-electron chi connectivity index (χ3n) is 11.1. The second-order valence-corrected chi connectivity index (χ2v) is 16.1. The van der Waals surface area contributed by atoms with Gasteiger partial charge in [0.15, 0.2) is 0 Å². The number of halogens is 4. The summed E-state index contributed by atoms with van der Waals surface area (Å²) in [5.41, 5.74) is 4.24. The fourth-order valence-corrected chi connectivity index (χ4v) is 9.89. The maximum Gasteiger partial charge on any atom is 0.261 e. The van der Waals surface area contributed by atoms with Crippen LogP contribution in [0.5, 0.6) is 0 Å². The Kier molecular flexibility index (Phi) is 9.84. The molecule has 2 heterocycles. The Hall–Kier alpha value is -3.48. The van der Waals surface area contributed by atoms with Gasteiger partial charge in [-0.1, -0.05) is 137 Å². The number of hydrogen-bond acceptors (Lipinski definition) is 4. The number of anilines is 4. The molecular formula is C43H41Cl4N3O2. The van der Waals surface area contributed by atoms with Gasteiger partial charge in [0, 0.05) is 59.2 Å². The van der Waals surface area contributed by atoms with E-state index in [2.05, 4.69) is 24.5 Å². The molecule has 8 rings (SSSR count). The first-order valence-electron chi connectivity index (χ1n) is 18.7. The predicted octanol–water partition coefficient (Wildman–Crippen LogP) is 14.8. The Balaban J connectivity index is 1.33. The summed E-state index contributed by atoms with van der Waals surface area (Å²) in [5, 5.41) is 14.4. The molecule has 2 N–H and O–H groups in total. The van der Waals surface area contributed by atoms with Crippen LogP contribution in [0.4, 0.5) is 22.7 Å². The zero-order chi connectivity index (χ0) is 36.3. The number of fused-ring (bicyclic) bond motifs is 3. The van der Waals surface area contributed by atoms with Crippen LogP contribution in [0.1, 0.15) is 112 Å². The minimum atomic E-state index is -0.303. The van der Waals surface area contributed by atoms with Crippen molar-refractivity contribution in [2.75, 3.05) is 10.6 Å². The smallest absolute Gasteiger partial charge is 0.261 e. The van der Waals surface area contributed by atoms with Gasteiger partial charge in [-0.15, -0.1) is 0 Å². The molecule has 0 spiro atoms. The number of para-hydroxylation sites is 2. The van der Waals surface area contributed by atoms with Crippen LogP contribution in [0.15, 0.2) is 48.5 Å². The highest BCUT2D eigenvalue weighted by Gasteiger charge is 2.40. The molecule has 2 aliphatic rings. The van der Waals surface area contributed by atoms with E-state index in [0.29, 0.717) is 63.5 Å². The minimum Gasteiger partial charge on any atom is -0.353 e. The van der Waals surface area contributed by atoms with Crippen molar-refractivity contribution in [1.29, 1.82) is 0 Å². The van der Waals surface area contributed by atoms with Crippen LogP contribution in [-0.2, 0) is 0 Å². The average molecular weight is 774 g/mol. The summed E-state index contributed by atoms with van der Waals surface area (Å²) in [4.78, 5) is 30.9. The summed E-state index contributed by atoms with van der Waals surface area (Å²) >= 11 is 29.1. The van der Waals surface area contributed by atoms with Crippen molar-refractivity contribution >= 4 is 124 Å². The number of carbonyl (C=O) groups excluding carboxylic acids is 2. The third-order valence-corrected chi connectivity index (χ3v) is 12.3. The van der Waals surface area contributed by atoms with Crippen LogP contribution >= 0.6 is 46.4 Å². The van der Waals surface area contributed by atoms with Crippen molar-refractivity contribution in [3.8, 4) is 0 Å². The summed E-state index contributed by atoms with van der Waals surface area (Å²) in [6.07, 6.45) is 12.7. The van der Waals surface area contributed by atoms with Gasteiger partial charge in [-0.3, -0.25) is 14.5 Å². The molecule has 6 aromatic carbocycles. The largest absolute Gasteiger partial charge is 0.353 e. The number of rotatable bonds is 13. The minimum absolute atomic E-state index is 0.204. The van der Waals surface area contributed by atoms with E-state index in [-0.39, 0.29) is 17.9 Å². The normalized spacial score (nSPS) is 13.9. The number of nitrogens with zero attached hydrogens (tertiary/aromatic N) is 1. The Bertz CT molecular complexity index is 2250. The highest BCUT2D eigenvalue weighted by Crippen LogP contribution is 2.56. The maximum atomic E-state index is 14.7. The Labute approximate surface area is 324 Å². The molecule has 268 valence electrons. The van der Waals surface area contributed by atoms with Gasteiger partial charge in [-0.25, -0.2) is 0 Å². The lowest BCUT2D eigenvalue weighted by atomic mass is 9.83. The molecule has 5 nitrogen and oxygen atoms in total. The number of carbonyl (C=O) groups is 2. The van der Waals surface area contributed by atoms with Crippen LogP contribution in [0, 0.1) is 0 Å². The van der Waals surface area contributed by atoms with E-state index >= 15 is 0 Å². The van der Waals surface area contributed by atoms with Crippen molar-refractivity contribution in [3.63, 3.8) is 0 Å². The molecule has 0 saturated heterocycles. The van der Waals surface area contributed by atoms with E-state index < -0.39 is 0 Å². The fourth-order valence-electron chi connectivity index (χ4n) is 8.70. The number of unbranched alkanes of at least 4 members (excludes halogenated alkanes) is 8. The summed E-state index contributed by atoms with van der Waals surface area (Å²) in [6, 6.07) is 15.0. The number of benzene rings is 6. The van der Waals surface area contributed by atoms with E-state index in [0.717, 1.165) is 97.7 Å². The summed E-state index contributed by atoms with van der Waals surface area (Å²) in [6.45, 7) is 4.41. The van der Waals surface area contributed by atoms with Crippen molar-refractivity contribution in [2.24, 2.45) is 0 Å². The van der Waals surface area contributed by atoms with Crippen molar-refractivity contribution in [2.45, 2.75) is 96.9 Å². The highest BCUT2D eigenvalue weighted by molar-refractivity contribution is 6.55. The van der Waals surface area contributed by atoms with Gasteiger partial charge >= 0.3 is 0 Å². The summed E-state index contributed by atoms with van der Waals surface area (Å²) < 4.78 is 0. The van der Waals surface area contributed by atoms with Crippen LogP contribution in [0.2, 0.25) is 20.1 Å². The topological polar surface area (TPSA) is 61.4 Å². The number of amides is 2. The lowest BCUT2D eigenvalue weighted by molar-refractivity contribution is 0.0517. The molecule has 0 fully saturated rings. The Morgan fingerprint density at radius 1 is 0.500 bits per heavy atom. The van der Waals surface area contributed by atoms with E-state index in [4.69, 9.17) is 46.4 Å². The Morgan fingerprint density at radius 3 is 1.35 bits per heavy atom. The monoisotopic (exact) mass is 771 g/mol. The van der Waals surface area contributed by atoms with Gasteiger partial charge in [0.25, 0.3) is 11.8 Å². The molecule has 0 aliphatic carbocycles. The van der Waals surface area contributed by atoms with Crippen LogP contribution < -0.4 is 10.6 Å². The lowest BCUT2D eigenvalue weighted by Crippen LogP contribution is -2.47. The Morgan fingerprint density at radius 2 is 0.904 bits per heavy atom. The molecule has 0 radical (unpaired) electrons. The molecule has 2 amide bonds. The van der Waals surface area contributed by atoms with Crippen molar-refractivity contribution < 1.29 is 9.59 Å². The van der Waals surface area contributed by atoms with Crippen LogP contribution in [-0.4, -0.2) is 22.8 Å². The molecular weight excluding hydrogens is 732 g/mol. The molecule has 0 unspecified atom stereocenters. The van der Waals surface area contributed by atoms with Gasteiger partial charge in [0.05, 0.1) is 43.9 Å². The number of imide groups is 1. The van der Waals surface area contributed by atoms with Gasteiger partial charge in [-0.05, 0) is 49.2 Å². The van der Waals surface area contributed by atoms with Crippen LogP contribution in [0.25, 0.3) is 43.1 Å². The quantitative estimate of drug-likeness (QED) is 0.0530. The first-order chi connectivity index (χ1) is 25.2. The first-order valence-corrected chi connectivity index (χ1v) is 20.2.